The van der Waals surface area contributed by atoms with Crippen LogP contribution in [0, 0.1) is 11.8 Å². The lowest BCUT2D eigenvalue weighted by Gasteiger charge is -2.31. The number of rotatable bonds is 8. The molecule has 1 aromatic heterocycles. The second-order valence-corrected chi connectivity index (χ2v) is 10.5. The Morgan fingerprint density at radius 1 is 0.941 bits per heavy atom. The van der Waals surface area contributed by atoms with Gasteiger partial charge in [-0.25, -0.2) is 4.98 Å². The third kappa shape index (κ3) is 6.07. The number of Topliss-reactive ketones (excluding diaryl/α,β-unsaturated/α-hetero) is 1. The molecule has 3 fully saturated rings. The number of morpholine rings is 1. The van der Waals surface area contributed by atoms with Gasteiger partial charge in [0.2, 0.25) is 0 Å². The first kappa shape index (κ1) is 23.5. The van der Waals surface area contributed by atoms with Gasteiger partial charge in [-0.1, -0.05) is 32.1 Å². The number of ether oxygens (including phenoxy) is 2. The average Bonchev–Trinajstić information content (AvgIpc) is 2.90. The molecule has 1 aromatic carbocycles. The van der Waals surface area contributed by atoms with Crippen molar-refractivity contribution in [3.63, 3.8) is 0 Å². The molecule has 0 unspecified atom stereocenters. The van der Waals surface area contributed by atoms with Gasteiger partial charge in [0, 0.05) is 50.1 Å². The highest BCUT2D eigenvalue weighted by Gasteiger charge is 2.26. The molecule has 2 heterocycles. The summed E-state index contributed by atoms with van der Waals surface area (Å²) in [6.45, 7) is 3.26. The third-order valence-corrected chi connectivity index (χ3v) is 8.06. The van der Waals surface area contributed by atoms with E-state index >= 15 is 0 Å². The van der Waals surface area contributed by atoms with E-state index in [2.05, 4.69) is 27.0 Å². The van der Waals surface area contributed by atoms with Crippen molar-refractivity contribution in [3.05, 3.63) is 24.5 Å². The molecule has 5 rings (SSSR count). The molecule has 0 spiro atoms. The van der Waals surface area contributed by atoms with Crippen LogP contribution in [0.25, 0.3) is 11.0 Å². The van der Waals surface area contributed by atoms with Gasteiger partial charge >= 0.3 is 0 Å². The first-order chi connectivity index (χ1) is 16.7. The predicted molar refractivity (Wildman–Crippen MR) is 134 cm³/mol. The van der Waals surface area contributed by atoms with Crippen LogP contribution in [0.3, 0.4) is 0 Å². The number of hydrogen-bond acceptors (Lipinski definition) is 6. The first-order valence-corrected chi connectivity index (χ1v) is 13.5. The van der Waals surface area contributed by atoms with Crippen LogP contribution in [0.2, 0.25) is 0 Å². The summed E-state index contributed by atoms with van der Waals surface area (Å²) in [5.41, 5.74) is 2.84. The van der Waals surface area contributed by atoms with E-state index in [1.807, 2.05) is 0 Å². The molecule has 0 amide bonds. The van der Waals surface area contributed by atoms with Crippen LogP contribution in [0.15, 0.2) is 24.5 Å². The summed E-state index contributed by atoms with van der Waals surface area (Å²) in [5, 5.41) is 0. The maximum absolute atomic E-state index is 12.6. The lowest BCUT2D eigenvalue weighted by Crippen LogP contribution is -2.36. The molecule has 0 N–H and O–H groups in total. The van der Waals surface area contributed by atoms with Gasteiger partial charge in [0.25, 0.3) is 0 Å². The standard InChI is InChI=1S/C28H39N3O3/c32-24(9-6-21-4-2-1-3-5-21)18-22-7-10-25(11-8-22)34-27-20-23(31-14-16-33-17-15-31)19-26-28(27)30-13-12-29-26/h12-13,19-22,25H,1-11,14-18H2. The zero-order valence-corrected chi connectivity index (χ0v) is 20.4. The summed E-state index contributed by atoms with van der Waals surface area (Å²) >= 11 is 0. The fourth-order valence-electron chi connectivity index (χ4n) is 6.02. The summed E-state index contributed by atoms with van der Waals surface area (Å²) in [5.74, 6) is 2.64. The van der Waals surface area contributed by atoms with Crippen LogP contribution < -0.4 is 9.64 Å². The largest absolute Gasteiger partial charge is 0.488 e. The maximum atomic E-state index is 12.6. The van der Waals surface area contributed by atoms with Crippen LogP contribution in [-0.4, -0.2) is 48.2 Å². The van der Waals surface area contributed by atoms with Crippen molar-refractivity contribution >= 4 is 22.5 Å². The van der Waals surface area contributed by atoms with E-state index in [1.165, 1.54) is 32.1 Å². The van der Waals surface area contributed by atoms with E-state index in [-0.39, 0.29) is 6.10 Å². The van der Waals surface area contributed by atoms with Gasteiger partial charge in [-0.15, -0.1) is 0 Å². The van der Waals surface area contributed by atoms with Crippen molar-refractivity contribution in [2.45, 2.75) is 83.2 Å². The highest BCUT2D eigenvalue weighted by molar-refractivity contribution is 5.85. The van der Waals surface area contributed by atoms with Gasteiger partial charge in [-0.05, 0) is 50.0 Å². The summed E-state index contributed by atoms with van der Waals surface area (Å²) < 4.78 is 12.1. The highest BCUT2D eigenvalue weighted by atomic mass is 16.5. The number of anilines is 1. The number of hydrogen-bond donors (Lipinski definition) is 0. The SMILES string of the molecule is O=C(CCC1CCCCC1)CC1CCC(Oc2cc(N3CCOCC3)cc3nccnc23)CC1. The van der Waals surface area contributed by atoms with Crippen LogP contribution in [-0.2, 0) is 9.53 Å². The van der Waals surface area contributed by atoms with Crippen LogP contribution >= 0.6 is 0 Å². The Morgan fingerprint density at radius 3 is 2.50 bits per heavy atom. The number of nitrogens with zero attached hydrogens (tertiary/aromatic N) is 3. The lowest BCUT2D eigenvalue weighted by molar-refractivity contribution is -0.120. The van der Waals surface area contributed by atoms with Gasteiger partial charge in [0.15, 0.2) is 0 Å². The summed E-state index contributed by atoms with van der Waals surface area (Å²) in [7, 11) is 0. The van der Waals surface area contributed by atoms with E-state index in [0.717, 1.165) is 99.6 Å². The molecular weight excluding hydrogens is 426 g/mol. The van der Waals surface area contributed by atoms with Gasteiger partial charge in [0.05, 0.1) is 24.8 Å². The average molecular weight is 466 g/mol. The Labute approximate surface area is 203 Å². The molecule has 0 radical (unpaired) electrons. The molecular formula is C28H39N3O3. The van der Waals surface area contributed by atoms with Gasteiger partial charge in [0.1, 0.15) is 17.0 Å². The molecule has 34 heavy (non-hydrogen) atoms. The van der Waals surface area contributed by atoms with E-state index in [0.29, 0.717) is 11.7 Å². The van der Waals surface area contributed by atoms with Crippen molar-refractivity contribution in [2.75, 3.05) is 31.2 Å². The van der Waals surface area contributed by atoms with Gasteiger partial charge < -0.3 is 14.4 Å². The second kappa shape index (κ2) is 11.5. The van der Waals surface area contributed by atoms with Gasteiger partial charge in [-0.3, -0.25) is 9.78 Å². The van der Waals surface area contributed by atoms with Crippen molar-refractivity contribution in [2.24, 2.45) is 11.8 Å². The Bertz CT molecular complexity index is 945. The molecule has 1 aliphatic heterocycles. The molecule has 2 aliphatic carbocycles. The Morgan fingerprint density at radius 2 is 1.71 bits per heavy atom. The van der Waals surface area contributed by atoms with Crippen LogP contribution in [0.4, 0.5) is 5.69 Å². The zero-order chi connectivity index (χ0) is 23.2. The summed E-state index contributed by atoms with van der Waals surface area (Å²) in [6, 6.07) is 4.24. The van der Waals surface area contributed by atoms with Crippen molar-refractivity contribution in [1.29, 1.82) is 0 Å². The molecule has 0 atom stereocenters. The molecule has 6 nitrogen and oxygen atoms in total. The fourth-order valence-corrected chi connectivity index (χ4v) is 6.02. The second-order valence-electron chi connectivity index (χ2n) is 10.5. The summed E-state index contributed by atoms with van der Waals surface area (Å²) in [4.78, 5) is 24.1. The number of benzene rings is 1. The highest BCUT2D eigenvalue weighted by Crippen LogP contribution is 2.35. The zero-order valence-electron chi connectivity index (χ0n) is 20.4. The third-order valence-electron chi connectivity index (χ3n) is 8.06. The minimum Gasteiger partial charge on any atom is -0.488 e. The van der Waals surface area contributed by atoms with E-state index in [1.54, 1.807) is 12.4 Å². The number of fused-ring (bicyclic) bond motifs is 1. The summed E-state index contributed by atoms with van der Waals surface area (Å²) in [6.07, 6.45) is 17.3. The number of ketones is 1. The molecule has 0 bridgehead atoms. The number of carbonyl (C=O) groups excluding carboxylic acids is 1. The fraction of sp³-hybridized carbons (Fsp3) is 0.679. The quantitative estimate of drug-likeness (QED) is 0.496. The lowest BCUT2D eigenvalue weighted by atomic mass is 9.82. The molecule has 184 valence electrons. The van der Waals surface area contributed by atoms with Gasteiger partial charge in [-0.2, -0.15) is 0 Å². The number of carbonyl (C=O) groups is 1. The minimum atomic E-state index is 0.179. The molecule has 2 aromatic rings. The van der Waals surface area contributed by atoms with E-state index in [9.17, 15) is 4.79 Å². The molecule has 3 aliphatic rings. The molecule has 2 saturated carbocycles. The van der Waals surface area contributed by atoms with Crippen molar-refractivity contribution in [3.8, 4) is 5.75 Å². The maximum Gasteiger partial charge on any atom is 0.149 e. The monoisotopic (exact) mass is 465 g/mol. The minimum absolute atomic E-state index is 0.179. The van der Waals surface area contributed by atoms with Crippen LogP contribution in [0.1, 0.15) is 77.0 Å². The number of aromatic nitrogens is 2. The van der Waals surface area contributed by atoms with E-state index < -0.39 is 0 Å². The van der Waals surface area contributed by atoms with Crippen LogP contribution in [0.5, 0.6) is 5.75 Å². The Kier molecular flexibility index (Phi) is 7.94. The Balaban J connectivity index is 1.15. The smallest absolute Gasteiger partial charge is 0.149 e. The normalized spacial score (nSPS) is 24.3. The first-order valence-electron chi connectivity index (χ1n) is 13.5. The van der Waals surface area contributed by atoms with Crippen molar-refractivity contribution in [1.82, 2.24) is 9.97 Å². The topological polar surface area (TPSA) is 64.5 Å². The van der Waals surface area contributed by atoms with E-state index in [4.69, 9.17) is 9.47 Å². The molecule has 1 saturated heterocycles. The Hall–Kier alpha value is -2.21. The van der Waals surface area contributed by atoms with Crippen molar-refractivity contribution < 1.29 is 14.3 Å². The predicted octanol–water partition coefficient (Wildman–Crippen LogP) is 5.72. The molecule has 6 heteroatoms.